The Labute approximate surface area is 132 Å². The molecule has 0 aromatic carbocycles. The second-order valence-corrected chi connectivity index (χ2v) is 5.82. The minimum Gasteiger partial charge on any atom is -0.336 e. The molecule has 124 valence electrons. The number of anilines is 1. The summed E-state index contributed by atoms with van der Waals surface area (Å²) in [6.45, 7) is 3.23. The van der Waals surface area contributed by atoms with Crippen LogP contribution in [0, 0.1) is 6.92 Å². The van der Waals surface area contributed by atoms with Gasteiger partial charge in [0.05, 0.1) is 18.8 Å². The minimum atomic E-state index is -4.46. The Bertz CT molecular complexity index is 667. The Kier molecular flexibility index (Phi) is 4.23. The fourth-order valence-corrected chi connectivity index (χ4v) is 2.88. The van der Waals surface area contributed by atoms with Gasteiger partial charge in [-0.05, 0) is 37.8 Å². The summed E-state index contributed by atoms with van der Waals surface area (Å²) in [5, 5.41) is 4.26. The van der Waals surface area contributed by atoms with Crippen molar-refractivity contribution in [1.29, 1.82) is 0 Å². The van der Waals surface area contributed by atoms with Gasteiger partial charge >= 0.3 is 6.18 Å². The van der Waals surface area contributed by atoms with Gasteiger partial charge in [0, 0.05) is 18.9 Å². The van der Waals surface area contributed by atoms with Crippen LogP contribution in [0.5, 0.6) is 0 Å². The van der Waals surface area contributed by atoms with E-state index in [1.54, 1.807) is 6.20 Å². The van der Waals surface area contributed by atoms with Gasteiger partial charge in [-0.15, -0.1) is 0 Å². The fourth-order valence-electron chi connectivity index (χ4n) is 2.88. The van der Waals surface area contributed by atoms with Gasteiger partial charge in [0.25, 0.3) is 0 Å². The van der Waals surface area contributed by atoms with E-state index in [9.17, 15) is 13.2 Å². The molecule has 2 aromatic rings. The maximum absolute atomic E-state index is 12.9. The van der Waals surface area contributed by atoms with E-state index in [1.165, 1.54) is 6.20 Å². The van der Waals surface area contributed by atoms with Gasteiger partial charge in [-0.3, -0.25) is 4.68 Å². The predicted molar refractivity (Wildman–Crippen MR) is 79.0 cm³/mol. The largest absolute Gasteiger partial charge is 0.433 e. The smallest absolute Gasteiger partial charge is 0.336 e. The van der Waals surface area contributed by atoms with E-state index < -0.39 is 11.9 Å². The monoisotopic (exact) mass is 325 g/mol. The molecule has 1 aliphatic rings. The summed E-state index contributed by atoms with van der Waals surface area (Å²) in [7, 11) is 0. The van der Waals surface area contributed by atoms with Crippen LogP contribution in [0.2, 0.25) is 0 Å². The van der Waals surface area contributed by atoms with E-state index in [0.717, 1.165) is 30.9 Å². The highest BCUT2D eigenvalue weighted by molar-refractivity contribution is 5.33. The normalized spacial score (nSPS) is 19.1. The number of hydrogen-bond donors (Lipinski definition) is 0. The van der Waals surface area contributed by atoms with Crippen molar-refractivity contribution in [3.8, 4) is 0 Å². The maximum Gasteiger partial charge on any atom is 0.433 e. The summed E-state index contributed by atoms with van der Waals surface area (Å²) in [6.07, 6.45) is 3.28. The topological polar surface area (TPSA) is 46.8 Å². The number of piperidine rings is 1. The fraction of sp³-hybridized carbons (Fsp3) is 0.533. The molecule has 0 aliphatic carbocycles. The van der Waals surface area contributed by atoms with Crippen molar-refractivity contribution in [1.82, 2.24) is 19.7 Å². The van der Waals surface area contributed by atoms with Crippen molar-refractivity contribution in [2.24, 2.45) is 0 Å². The summed E-state index contributed by atoms with van der Waals surface area (Å²) in [6, 6.07) is 0.950. The average molecular weight is 325 g/mol. The second-order valence-electron chi connectivity index (χ2n) is 5.82. The molecule has 3 heterocycles. The predicted octanol–water partition coefficient (Wildman–Crippen LogP) is 3.06. The highest BCUT2D eigenvalue weighted by atomic mass is 19.4. The molecule has 0 spiro atoms. The van der Waals surface area contributed by atoms with Crippen LogP contribution in [-0.2, 0) is 12.7 Å². The molecule has 1 aliphatic heterocycles. The number of rotatable bonds is 3. The van der Waals surface area contributed by atoms with Crippen LogP contribution in [-0.4, -0.2) is 32.3 Å². The van der Waals surface area contributed by atoms with E-state index in [1.807, 2.05) is 22.7 Å². The van der Waals surface area contributed by atoms with Gasteiger partial charge in [0.2, 0.25) is 5.95 Å². The molecule has 0 saturated carbocycles. The third-order valence-electron chi connectivity index (χ3n) is 3.98. The standard InChI is InChI=1S/C15H18F3N5/c1-11-8-20-22(9-11)10-12-4-2-3-7-23(12)14-19-6-5-13(21-14)15(16,17)18/h5-6,8-9,12H,2-4,7,10H2,1H3. The molecule has 0 N–H and O–H groups in total. The number of hydrogen-bond acceptors (Lipinski definition) is 4. The molecule has 1 saturated heterocycles. The molecule has 1 fully saturated rings. The first-order chi connectivity index (χ1) is 10.9. The van der Waals surface area contributed by atoms with Gasteiger partial charge < -0.3 is 4.90 Å². The van der Waals surface area contributed by atoms with E-state index in [0.29, 0.717) is 13.1 Å². The highest BCUT2D eigenvalue weighted by Crippen LogP contribution is 2.29. The van der Waals surface area contributed by atoms with E-state index >= 15 is 0 Å². The summed E-state index contributed by atoms with van der Waals surface area (Å²) in [5.41, 5.74) is 0.157. The number of nitrogens with zero attached hydrogens (tertiary/aromatic N) is 5. The molecule has 1 unspecified atom stereocenters. The van der Waals surface area contributed by atoms with Crippen LogP contribution in [0.15, 0.2) is 24.7 Å². The first-order valence-electron chi connectivity index (χ1n) is 7.59. The van der Waals surface area contributed by atoms with E-state index in [-0.39, 0.29) is 12.0 Å². The zero-order valence-corrected chi connectivity index (χ0v) is 12.8. The van der Waals surface area contributed by atoms with Crippen molar-refractivity contribution in [2.45, 2.75) is 44.9 Å². The molecule has 0 bridgehead atoms. The molecule has 0 radical (unpaired) electrons. The highest BCUT2D eigenvalue weighted by Gasteiger charge is 2.34. The lowest BCUT2D eigenvalue weighted by Gasteiger charge is -2.35. The molecular weight excluding hydrogens is 307 g/mol. The third-order valence-corrected chi connectivity index (χ3v) is 3.98. The molecule has 5 nitrogen and oxygen atoms in total. The number of halogens is 3. The van der Waals surface area contributed by atoms with Gasteiger partial charge in [0.1, 0.15) is 5.69 Å². The van der Waals surface area contributed by atoms with Crippen molar-refractivity contribution < 1.29 is 13.2 Å². The van der Waals surface area contributed by atoms with Crippen molar-refractivity contribution in [3.05, 3.63) is 35.9 Å². The van der Waals surface area contributed by atoms with Crippen LogP contribution in [0.4, 0.5) is 19.1 Å². The first-order valence-corrected chi connectivity index (χ1v) is 7.59. The molecule has 23 heavy (non-hydrogen) atoms. The molecule has 3 rings (SSSR count). The SMILES string of the molecule is Cc1cnn(CC2CCCCN2c2nccc(C(F)(F)F)n2)c1. The average Bonchev–Trinajstić information content (AvgIpc) is 2.92. The van der Waals surface area contributed by atoms with Gasteiger partial charge in [0.15, 0.2) is 0 Å². The van der Waals surface area contributed by atoms with Crippen LogP contribution in [0.25, 0.3) is 0 Å². The molecule has 0 amide bonds. The van der Waals surface area contributed by atoms with Gasteiger partial charge in [-0.1, -0.05) is 0 Å². The maximum atomic E-state index is 12.9. The Balaban J connectivity index is 1.83. The minimum absolute atomic E-state index is 0.0477. The Morgan fingerprint density at radius 2 is 2.13 bits per heavy atom. The van der Waals surface area contributed by atoms with Gasteiger partial charge in [-0.2, -0.15) is 18.3 Å². The number of aromatic nitrogens is 4. The molecule has 1 atom stereocenters. The number of aryl methyl sites for hydroxylation is 1. The first kappa shape index (κ1) is 15.8. The summed E-state index contributed by atoms with van der Waals surface area (Å²) < 4.78 is 40.4. The Hall–Kier alpha value is -2.12. The Morgan fingerprint density at radius 3 is 2.83 bits per heavy atom. The molecule has 8 heteroatoms. The van der Waals surface area contributed by atoms with Crippen LogP contribution >= 0.6 is 0 Å². The van der Waals surface area contributed by atoms with Crippen LogP contribution < -0.4 is 4.90 Å². The summed E-state index contributed by atoms with van der Waals surface area (Å²) in [4.78, 5) is 9.65. The zero-order valence-electron chi connectivity index (χ0n) is 12.8. The lowest BCUT2D eigenvalue weighted by molar-refractivity contribution is -0.141. The number of alkyl halides is 3. The summed E-state index contributed by atoms with van der Waals surface area (Å²) in [5.74, 6) is 0.147. The second kappa shape index (κ2) is 6.17. The summed E-state index contributed by atoms with van der Waals surface area (Å²) >= 11 is 0. The van der Waals surface area contributed by atoms with Crippen molar-refractivity contribution >= 4 is 5.95 Å². The van der Waals surface area contributed by atoms with Crippen LogP contribution in [0.3, 0.4) is 0 Å². The lowest BCUT2D eigenvalue weighted by atomic mass is 10.0. The lowest BCUT2D eigenvalue weighted by Crippen LogP contribution is -2.43. The Morgan fingerprint density at radius 1 is 1.30 bits per heavy atom. The third kappa shape index (κ3) is 3.62. The zero-order chi connectivity index (χ0) is 16.4. The van der Waals surface area contributed by atoms with Gasteiger partial charge in [-0.25, -0.2) is 9.97 Å². The van der Waals surface area contributed by atoms with E-state index in [4.69, 9.17) is 0 Å². The van der Waals surface area contributed by atoms with E-state index in [2.05, 4.69) is 15.1 Å². The van der Waals surface area contributed by atoms with Crippen molar-refractivity contribution in [3.63, 3.8) is 0 Å². The molecule has 2 aromatic heterocycles. The van der Waals surface area contributed by atoms with Crippen LogP contribution in [0.1, 0.15) is 30.5 Å². The molecular formula is C15H18F3N5. The quantitative estimate of drug-likeness (QED) is 0.870. The van der Waals surface area contributed by atoms with Crippen molar-refractivity contribution in [2.75, 3.05) is 11.4 Å².